The van der Waals surface area contributed by atoms with E-state index in [1.807, 2.05) is 6.92 Å². The molecule has 28 heavy (non-hydrogen) atoms. The summed E-state index contributed by atoms with van der Waals surface area (Å²) in [6, 6.07) is 8.02. The summed E-state index contributed by atoms with van der Waals surface area (Å²) in [6.07, 6.45) is 0. The topological polar surface area (TPSA) is 106 Å². The Morgan fingerprint density at radius 2 is 1.93 bits per heavy atom. The molecule has 1 aromatic heterocycles. The van der Waals surface area contributed by atoms with Crippen LogP contribution >= 0.6 is 35.3 Å². The van der Waals surface area contributed by atoms with E-state index in [2.05, 4.69) is 20.4 Å². The molecule has 0 atom stereocenters. The van der Waals surface area contributed by atoms with Crippen LogP contribution in [-0.4, -0.2) is 28.0 Å². The molecule has 1 heterocycles. The highest BCUT2D eigenvalue weighted by molar-refractivity contribution is 14.0. The monoisotopic (exact) mass is 546 g/mol. The summed E-state index contributed by atoms with van der Waals surface area (Å²) >= 11 is 1.06. The van der Waals surface area contributed by atoms with Gasteiger partial charge in [-0.15, -0.1) is 35.3 Å². The SMILES string of the molecule is CN=C(NCc1ccc(S(N)(=O)=O)s1)NCc1cc(C)ccc1OC(F)F.I. The number of sulfonamides is 1. The summed E-state index contributed by atoms with van der Waals surface area (Å²) in [5.41, 5.74) is 1.47. The molecule has 0 aliphatic rings. The summed E-state index contributed by atoms with van der Waals surface area (Å²) in [5.74, 6) is 0.514. The molecule has 0 spiro atoms. The zero-order chi connectivity index (χ0) is 20.0. The Hall–Kier alpha value is -1.51. The van der Waals surface area contributed by atoms with E-state index in [1.165, 1.54) is 12.1 Å². The zero-order valence-electron chi connectivity index (χ0n) is 15.1. The van der Waals surface area contributed by atoms with Crippen LogP contribution in [0.4, 0.5) is 8.78 Å². The minimum absolute atomic E-state index is 0. The molecule has 0 saturated heterocycles. The molecule has 2 rings (SSSR count). The van der Waals surface area contributed by atoms with Crippen molar-refractivity contribution in [2.75, 3.05) is 7.05 Å². The third kappa shape index (κ3) is 7.48. The molecule has 1 aromatic carbocycles. The molecule has 2 aromatic rings. The van der Waals surface area contributed by atoms with E-state index in [0.717, 1.165) is 21.8 Å². The zero-order valence-corrected chi connectivity index (χ0v) is 19.1. The Bertz CT molecular complexity index is 920. The van der Waals surface area contributed by atoms with E-state index in [9.17, 15) is 17.2 Å². The molecule has 156 valence electrons. The second kappa shape index (κ2) is 10.9. The number of aliphatic imine (C=N–C) groups is 1. The summed E-state index contributed by atoms with van der Waals surface area (Å²) in [6.45, 7) is -0.511. The molecule has 0 bridgehead atoms. The van der Waals surface area contributed by atoms with Crippen LogP contribution in [0, 0.1) is 6.92 Å². The third-order valence-corrected chi connectivity index (χ3v) is 5.97. The molecule has 0 fully saturated rings. The highest BCUT2D eigenvalue weighted by Gasteiger charge is 2.12. The van der Waals surface area contributed by atoms with Crippen molar-refractivity contribution in [1.29, 1.82) is 0 Å². The van der Waals surface area contributed by atoms with E-state index < -0.39 is 16.6 Å². The van der Waals surface area contributed by atoms with Gasteiger partial charge in [0.2, 0.25) is 10.0 Å². The van der Waals surface area contributed by atoms with Crippen LogP contribution in [0.5, 0.6) is 5.75 Å². The van der Waals surface area contributed by atoms with Crippen LogP contribution in [0.3, 0.4) is 0 Å². The van der Waals surface area contributed by atoms with Crippen molar-refractivity contribution in [2.24, 2.45) is 10.1 Å². The lowest BCUT2D eigenvalue weighted by atomic mass is 10.1. The first kappa shape index (κ1) is 24.5. The number of nitrogens with two attached hydrogens (primary N) is 1. The number of primary sulfonamides is 1. The van der Waals surface area contributed by atoms with Gasteiger partial charge in [0.25, 0.3) is 0 Å². The van der Waals surface area contributed by atoms with Gasteiger partial charge in [0.15, 0.2) is 5.96 Å². The van der Waals surface area contributed by atoms with Crippen molar-refractivity contribution in [3.05, 3.63) is 46.3 Å². The predicted molar refractivity (Wildman–Crippen MR) is 116 cm³/mol. The average molecular weight is 546 g/mol. The van der Waals surface area contributed by atoms with Gasteiger partial charge in [-0.05, 0) is 25.1 Å². The first-order valence-corrected chi connectivity index (χ1v) is 10.2. The van der Waals surface area contributed by atoms with Crippen LogP contribution < -0.4 is 20.5 Å². The molecule has 0 aliphatic carbocycles. The lowest BCUT2D eigenvalue weighted by Gasteiger charge is -2.15. The van der Waals surface area contributed by atoms with Gasteiger partial charge < -0.3 is 15.4 Å². The van der Waals surface area contributed by atoms with Gasteiger partial charge in [-0.3, -0.25) is 4.99 Å². The van der Waals surface area contributed by atoms with Crippen LogP contribution in [0.15, 0.2) is 39.5 Å². The number of thiophene rings is 1. The summed E-state index contributed by atoms with van der Waals surface area (Å²) in [7, 11) is -2.16. The molecule has 0 amide bonds. The van der Waals surface area contributed by atoms with Crippen LogP contribution in [0.25, 0.3) is 0 Å². The Kier molecular flexibility index (Phi) is 9.53. The summed E-state index contributed by atoms with van der Waals surface area (Å²) in [4.78, 5) is 4.80. The van der Waals surface area contributed by atoms with Gasteiger partial charge in [0.05, 0.1) is 6.54 Å². The van der Waals surface area contributed by atoms with Crippen molar-refractivity contribution in [1.82, 2.24) is 10.6 Å². The van der Waals surface area contributed by atoms with Crippen LogP contribution in [-0.2, 0) is 23.1 Å². The Morgan fingerprint density at radius 3 is 2.50 bits per heavy atom. The smallest absolute Gasteiger partial charge is 0.387 e. The van der Waals surface area contributed by atoms with Crippen molar-refractivity contribution >= 4 is 51.3 Å². The summed E-state index contributed by atoms with van der Waals surface area (Å²) < 4.78 is 52.3. The van der Waals surface area contributed by atoms with Crippen LogP contribution in [0.2, 0.25) is 0 Å². The van der Waals surface area contributed by atoms with Gasteiger partial charge in [0.1, 0.15) is 9.96 Å². The maximum Gasteiger partial charge on any atom is 0.387 e. The largest absolute Gasteiger partial charge is 0.434 e. The van der Waals surface area contributed by atoms with Gasteiger partial charge in [-0.1, -0.05) is 17.7 Å². The Morgan fingerprint density at radius 1 is 1.25 bits per heavy atom. The van der Waals surface area contributed by atoms with Gasteiger partial charge >= 0.3 is 6.61 Å². The maximum atomic E-state index is 12.5. The normalized spacial score (nSPS) is 11.9. The first-order valence-electron chi connectivity index (χ1n) is 7.79. The number of halogens is 3. The molecule has 12 heteroatoms. The second-order valence-corrected chi connectivity index (χ2v) is 8.49. The van der Waals surface area contributed by atoms with E-state index in [4.69, 9.17) is 5.14 Å². The standard InChI is InChI=1S/C16H20F2N4O3S2.HI/c1-10-3-5-13(25-15(17)18)11(7-10)8-21-16(20-2)22-9-12-4-6-14(26-12)27(19,23)24;/h3-7,15H,8-9H2,1-2H3,(H2,19,23,24)(H2,20,21,22);1H. The lowest BCUT2D eigenvalue weighted by Crippen LogP contribution is -2.36. The minimum atomic E-state index is -3.72. The van der Waals surface area contributed by atoms with Gasteiger partial charge in [-0.25, -0.2) is 13.6 Å². The molecule has 7 nitrogen and oxygen atoms in total. The number of nitrogens with one attached hydrogen (secondary N) is 2. The number of benzene rings is 1. The third-order valence-electron chi connectivity index (χ3n) is 3.45. The fourth-order valence-electron chi connectivity index (χ4n) is 2.23. The number of hydrogen-bond donors (Lipinski definition) is 3. The maximum absolute atomic E-state index is 12.5. The minimum Gasteiger partial charge on any atom is -0.434 e. The quantitative estimate of drug-likeness (QED) is 0.282. The summed E-state index contributed by atoms with van der Waals surface area (Å²) in [5, 5.41) is 11.1. The average Bonchev–Trinajstić information content (AvgIpc) is 3.06. The van der Waals surface area contributed by atoms with Crippen molar-refractivity contribution < 1.29 is 21.9 Å². The highest BCUT2D eigenvalue weighted by atomic mass is 127. The van der Waals surface area contributed by atoms with E-state index in [0.29, 0.717) is 18.1 Å². The number of nitrogens with zero attached hydrogens (tertiary/aromatic N) is 1. The fourth-order valence-corrected chi connectivity index (χ4v) is 3.95. The molecule has 0 radical (unpaired) electrons. The fraction of sp³-hybridized carbons (Fsp3) is 0.312. The number of rotatable bonds is 7. The van der Waals surface area contributed by atoms with Crippen molar-refractivity contribution in [2.45, 2.75) is 30.8 Å². The Labute approximate surface area is 183 Å². The lowest BCUT2D eigenvalue weighted by molar-refractivity contribution is -0.0504. The Balaban J connectivity index is 0.00000392. The number of alkyl halides is 2. The van der Waals surface area contributed by atoms with E-state index >= 15 is 0 Å². The molecular formula is C16H21F2IN4O3S2. The highest BCUT2D eigenvalue weighted by Crippen LogP contribution is 2.22. The molecular weight excluding hydrogens is 525 g/mol. The second-order valence-electron chi connectivity index (χ2n) is 5.53. The number of guanidine groups is 1. The van der Waals surface area contributed by atoms with Crippen molar-refractivity contribution in [3.8, 4) is 5.75 Å². The molecule has 4 N–H and O–H groups in total. The number of hydrogen-bond acceptors (Lipinski definition) is 5. The van der Waals surface area contributed by atoms with E-state index in [-0.39, 0.29) is 40.5 Å². The number of ether oxygens (including phenoxy) is 1. The molecule has 0 saturated carbocycles. The number of aryl methyl sites for hydroxylation is 1. The van der Waals surface area contributed by atoms with Crippen LogP contribution in [0.1, 0.15) is 16.0 Å². The first-order chi connectivity index (χ1) is 12.7. The van der Waals surface area contributed by atoms with E-state index in [1.54, 1.807) is 25.2 Å². The van der Waals surface area contributed by atoms with Gasteiger partial charge in [-0.2, -0.15) is 8.78 Å². The van der Waals surface area contributed by atoms with Gasteiger partial charge in [0, 0.05) is 24.0 Å². The predicted octanol–water partition coefficient (Wildman–Crippen LogP) is 2.79. The molecule has 0 aliphatic heterocycles. The van der Waals surface area contributed by atoms with Crippen molar-refractivity contribution in [3.63, 3.8) is 0 Å². The molecule has 0 unspecified atom stereocenters.